The molecule has 1 N–H and O–H groups in total. The molecule has 6 rings (SSSR count). The van der Waals surface area contributed by atoms with Gasteiger partial charge in [-0.1, -0.05) is 140 Å². The summed E-state index contributed by atoms with van der Waals surface area (Å²) in [6.45, 7) is 4.59. The minimum Gasteiger partial charge on any atom is -0.354 e. The van der Waals surface area contributed by atoms with Crippen LogP contribution in [0, 0.1) is 0 Å². The van der Waals surface area contributed by atoms with E-state index < -0.39 is 0 Å². The van der Waals surface area contributed by atoms with Gasteiger partial charge in [-0.3, -0.25) is 0 Å². The van der Waals surface area contributed by atoms with Crippen LogP contribution in [-0.4, -0.2) is 4.98 Å². The maximum atomic E-state index is 3.81. The van der Waals surface area contributed by atoms with Crippen molar-refractivity contribution in [3.63, 3.8) is 0 Å². The van der Waals surface area contributed by atoms with Gasteiger partial charge in [-0.05, 0) is 61.1 Å². The SMILES string of the molecule is CCCCCCCCCCc1ccc2[nH]c3c(ccc4c3ccc3c5cc(CCCCCCCCCC)ccc5sc34)c2c1. The Labute approximate surface area is 269 Å². The standard InChI is InChI=1S/C42H53NS/c1-3-5-7-9-11-13-15-17-19-31-21-27-39-37(29-31)34-24-25-35-33(41(34)43-39)23-26-36-38-30-32(22-28-40(38)44-42(35)36)20-18-16-14-12-10-8-6-4-2/h21-30,43H,3-20H2,1-2H3. The summed E-state index contributed by atoms with van der Waals surface area (Å²) in [7, 11) is 0. The van der Waals surface area contributed by atoms with Crippen LogP contribution in [0.2, 0.25) is 0 Å². The topological polar surface area (TPSA) is 15.8 Å². The van der Waals surface area contributed by atoms with E-state index in [0.717, 1.165) is 0 Å². The van der Waals surface area contributed by atoms with E-state index in [2.05, 4.69) is 79.5 Å². The van der Waals surface area contributed by atoms with Crippen molar-refractivity contribution in [1.82, 2.24) is 4.98 Å². The van der Waals surface area contributed by atoms with Crippen LogP contribution >= 0.6 is 11.3 Å². The van der Waals surface area contributed by atoms with Crippen LogP contribution in [0.4, 0.5) is 0 Å². The molecule has 4 aromatic carbocycles. The maximum absolute atomic E-state index is 3.81. The molecule has 0 aliphatic carbocycles. The Morgan fingerprint density at radius 2 is 0.932 bits per heavy atom. The molecule has 0 aliphatic rings. The van der Waals surface area contributed by atoms with Gasteiger partial charge < -0.3 is 4.98 Å². The zero-order valence-electron chi connectivity index (χ0n) is 27.4. The number of aromatic amines is 1. The Hall–Kier alpha value is -2.84. The predicted octanol–water partition coefficient (Wildman–Crippen LogP) is 14.2. The predicted molar refractivity (Wildman–Crippen MR) is 199 cm³/mol. The van der Waals surface area contributed by atoms with Crippen molar-refractivity contribution >= 4 is 64.1 Å². The lowest BCUT2D eigenvalue weighted by molar-refractivity contribution is 0.575. The maximum Gasteiger partial charge on any atom is 0.0545 e. The second-order valence-electron chi connectivity index (χ2n) is 13.4. The second-order valence-corrected chi connectivity index (χ2v) is 14.5. The molecule has 232 valence electrons. The molecule has 0 unspecified atom stereocenters. The molecule has 0 saturated carbocycles. The molecule has 0 radical (unpaired) electrons. The number of rotatable bonds is 18. The van der Waals surface area contributed by atoms with Gasteiger partial charge in [0.05, 0.1) is 5.52 Å². The first-order chi connectivity index (χ1) is 21.8. The molecule has 0 spiro atoms. The van der Waals surface area contributed by atoms with E-state index >= 15 is 0 Å². The molecule has 2 heteroatoms. The van der Waals surface area contributed by atoms with Crippen LogP contribution in [-0.2, 0) is 12.8 Å². The van der Waals surface area contributed by atoms with E-state index in [9.17, 15) is 0 Å². The number of hydrogen-bond acceptors (Lipinski definition) is 1. The molecule has 1 nitrogen and oxygen atoms in total. The van der Waals surface area contributed by atoms with Crippen LogP contribution in [0.5, 0.6) is 0 Å². The Bertz CT molecular complexity index is 1670. The zero-order valence-corrected chi connectivity index (χ0v) is 28.2. The highest BCUT2D eigenvalue weighted by Crippen LogP contribution is 2.41. The lowest BCUT2D eigenvalue weighted by Crippen LogP contribution is -1.86. The fourth-order valence-corrected chi connectivity index (χ4v) is 8.55. The Morgan fingerprint density at radius 1 is 0.455 bits per heavy atom. The Kier molecular flexibility index (Phi) is 10.9. The van der Waals surface area contributed by atoms with E-state index in [1.807, 2.05) is 11.3 Å². The van der Waals surface area contributed by atoms with E-state index in [0.29, 0.717) is 0 Å². The summed E-state index contributed by atoms with van der Waals surface area (Å²) in [5.41, 5.74) is 5.52. The number of thiophene rings is 1. The molecule has 0 amide bonds. The van der Waals surface area contributed by atoms with Gasteiger partial charge in [0.25, 0.3) is 0 Å². The molecule has 0 bridgehead atoms. The molecule has 44 heavy (non-hydrogen) atoms. The van der Waals surface area contributed by atoms with Crippen molar-refractivity contribution in [2.45, 2.75) is 129 Å². The van der Waals surface area contributed by atoms with Gasteiger partial charge in [-0.15, -0.1) is 11.3 Å². The third-order valence-corrected chi connectivity index (χ3v) is 11.2. The first kappa shape index (κ1) is 31.2. The van der Waals surface area contributed by atoms with E-state index in [1.165, 1.54) is 179 Å². The van der Waals surface area contributed by atoms with Crippen molar-refractivity contribution in [3.8, 4) is 0 Å². The first-order valence-corrected chi connectivity index (χ1v) is 18.9. The average Bonchev–Trinajstić information content (AvgIpc) is 3.61. The van der Waals surface area contributed by atoms with Crippen molar-refractivity contribution in [2.24, 2.45) is 0 Å². The average molecular weight is 604 g/mol. The molecular weight excluding hydrogens is 551 g/mol. The third kappa shape index (κ3) is 7.17. The van der Waals surface area contributed by atoms with Gasteiger partial charge in [0.1, 0.15) is 0 Å². The van der Waals surface area contributed by atoms with Crippen LogP contribution in [0.3, 0.4) is 0 Å². The smallest absolute Gasteiger partial charge is 0.0545 e. The highest BCUT2D eigenvalue weighted by atomic mass is 32.1. The molecule has 6 aromatic rings. The zero-order chi connectivity index (χ0) is 30.1. The summed E-state index contributed by atoms with van der Waals surface area (Å²) in [6.07, 6.45) is 24.4. The van der Waals surface area contributed by atoms with Crippen LogP contribution in [0.25, 0.3) is 52.8 Å². The molecule has 2 heterocycles. The van der Waals surface area contributed by atoms with Crippen molar-refractivity contribution in [2.75, 3.05) is 0 Å². The van der Waals surface area contributed by atoms with Crippen LogP contribution < -0.4 is 0 Å². The number of H-pyrrole nitrogens is 1. The molecule has 0 fully saturated rings. The first-order valence-electron chi connectivity index (χ1n) is 18.1. The minimum atomic E-state index is 1.19. The number of aryl methyl sites for hydroxylation is 2. The Balaban J connectivity index is 1.16. The van der Waals surface area contributed by atoms with E-state index in [1.54, 1.807) is 0 Å². The number of fused-ring (bicyclic) bond motifs is 9. The summed E-state index contributed by atoms with van der Waals surface area (Å²) < 4.78 is 2.84. The fraction of sp³-hybridized carbons (Fsp3) is 0.476. The molecule has 0 atom stereocenters. The largest absolute Gasteiger partial charge is 0.354 e. The summed E-state index contributed by atoms with van der Waals surface area (Å²) in [5, 5.41) is 8.32. The highest BCUT2D eigenvalue weighted by Gasteiger charge is 2.14. The van der Waals surface area contributed by atoms with Gasteiger partial charge in [-0.2, -0.15) is 0 Å². The van der Waals surface area contributed by atoms with E-state index in [-0.39, 0.29) is 0 Å². The number of aromatic nitrogens is 1. The van der Waals surface area contributed by atoms with Crippen molar-refractivity contribution in [1.29, 1.82) is 0 Å². The van der Waals surface area contributed by atoms with Crippen LogP contribution in [0.1, 0.15) is 128 Å². The van der Waals surface area contributed by atoms with Gasteiger partial charge in [0.15, 0.2) is 0 Å². The van der Waals surface area contributed by atoms with Gasteiger partial charge in [0.2, 0.25) is 0 Å². The Morgan fingerprint density at radius 3 is 1.55 bits per heavy atom. The lowest BCUT2D eigenvalue weighted by Gasteiger charge is -2.04. The minimum absolute atomic E-state index is 1.19. The second kappa shape index (κ2) is 15.4. The number of benzene rings is 4. The van der Waals surface area contributed by atoms with Crippen molar-refractivity contribution in [3.05, 3.63) is 71.8 Å². The fourth-order valence-electron chi connectivity index (χ4n) is 7.34. The van der Waals surface area contributed by atoms with E-state index in [4.69, 9.17) is 0 Å². The van der Waals surface area contributed by atoms with Crippen LogP contribution in [0.15, 0.2) is 60.7 Å². The van der Waals surface area contributed by atoms with Gasteiger partial charge >= 0.3 is 0 Å². The molecular formula is C42H53NS. The molecule has 0 aliphatic heterocycles. The highest BCUT2D eigenvalue weighted by molar-refractivity contribution is 7.26. The quantitative estimate of drug-likeness (QED) is 0.0941. The number of nitrogens with one attached hydrogen (secondary N) is 1. The van der Waals surface area contributed by atoms with Gasteiger partial charge in [-0.25, -0.2) is 0 Å². The van der Waals surface area contributed by atoms with Gasteiger partial charge in [0, 0.05) is 47.2 Å². The number of hydrogen-bond donors (Lipinski definition) is 1. The summed E-state index contributed by atoms with van der Waals surface area (Å²) >= 11 is 1.96. The summed E-state index contributed by atoms with van der Waals surface area (Å²) in [4.78, 5) is 3.81. The third-order valence-electron chi connectivity index (χ3n) is 9.97. The monoisotopic (exact) mass is 603 g/mol. The molecule has 0 saturated heterocycles. The molecule has 2 aromatic heterocycles. The summed E-state index contributed by atoms with van der Waals surface area (Å²) in [5.74, 6) is 0. The summed E-state index contributed by atoms with van der Waals surface area (Å²) in [6, 6.07) is 23.9. The van der Waals surface area contributed by atoms with Crippen molar-refractivity contribution < 1.29 is 0 Å². The normalized spacial score (nSPS) is 12.1. The lowest BCUT2D eigenvalue weighted by atomic mass is 10.00. The number of unbranched alkanes of at least 4 members (excludes halogenated alkanes) is 14.